The zero-order valence-electron chi connectivity index (χ0n) is 11.1. The highest BCUT2D eigenvalue weighted by molar-refractivity contribution is 9.10. The van der Waals surface area contributed by atoms with Gasteiger partial charge in [-0.15, -0.1) is 0 Å². The van der Waals surface area contributed by atoms with Crippen LogP contribution < -0.4 is 4.74 Å². The predicted octanol–water partition coefficient (Wildman–Crippen LogP) is 4.24. The highest BCUT2D eigenvalue weighted by Crippen LogP contribution is 2.33. The highest BCUT2D eigenvalue weighted by atomic mass is 79.9. The number of ether oxygens (including phenoxy) is 1. The molecule has 1 unspecified atom stereocenters. The average Bonchev–Trinajstić information content (AvgIpc) is 2.39. The number of halogens is 1. The average molecular weight is 321 g/mol. The first-order valence-corrected chi connectivity index (χ1v) is 7.08. The Morgan fingerprint density at radius 2 is 1.89 bits per heavy atom. The second-order valence-electron chi connectivity index (χ2n) is 4.40. The molecule has 0 spiro atoms. The molecule has 2 rings (SSSR count). The van der Waals surface area contributed by atoms with E-state index >= 15 is 0 Å². The number of rotatable bonds is 4. The molecule has 2 aromatic rings. The van der Waals surface area contributed by atoms with Gasteiger partial charge in [-0.2, -0.15) is 0 Å². The molecular formula is C16H17BrO2. The van der Waals surface area contributed by atoms with Crippen LogP contribution in [-0.2, 0) is 0 Å². The topological polar surface area (TPSA) is 29.5 Å². The van der Waals surface area contributed by atoms with Crippen LogP contribution in [0.5, 0.6) is 5.75 Å². The Balaban J connectivity index is 2.41. The summed E-state index contributed by atoms with van der Waals surface area (Å²) >= 11 is 3.51. The van der Waals surface area contributed by atoms with Crippen LogP contribution >= 0.6 is 15.9 Å². The molecule has 0 radical (unpaired) electrons. The van der Waals surface area contributed by atoms with E-state index < -0.39 is 6.10 Å². The van der Waals surface area contributed by atoms with E-state index in [-0.39, 0.29) is 0 Å². The van der Waals surface area contributed by atoms with Crippen LogP contribution in [0.1, 0.15) is 29.7 Å². The number of hydrogen-bond donors (Lipinski definition) is 1. The van der Waals surface area contributed by atoms with E-state index in [1.54, 1.807) is 0 Å². The maximum absolute atomic E-state index is 10.6. The summed E-state index contributed by atoms with van der Waals surface area (Å²) in [5.74, 6) is 0.727. The summed E-state index contributed by atoms with van der Waals surface area (Å²) in [6.45, 7) is 4.54. The van der Waals surface area contributed by atoms with Gasteiger partial charge in [0.2, 0.25) is 0 Å². The van der Waals surface area contributed by atoms with Gasteiger partial charge in [0.25, 0.3) is 0 Å². The molecule has 0 amide bonds. The number of aryl methyl sites for hydroxylation is 1. The van der Waals surface area contributed by atoms with Gasteiger partial charge in [0.05, 0.1) is 6.61 Å². The fourth-order valence-electron chi connectivity index (χ4n) is 2.01. The summed E-state index contributed by atoms with van der Waals surface area (Å²) in [5, 5.41) is 10.6. The van der Waals surface area contributed by atoms with E-state index in [9.17, 15) is 5.11 Å². The number of para-hydroxylation sites is 1. The molecule has 0 saturated heterocycles. The minimum Gasteiger partial charge on any atom is -0.493 e. The standard InChI is InChI=1S/C16H17BrO2/c1-3-19-15-7-5-4-6-13(15)16(18)12-9-8-11(2)10-14(12)17/h4-10,16,18H,3H2,1-2H3. The van der Waals surface area contributed by atoms with Crippen molar-refractivity contribution < 1.29 is 9.84 Å². The first-order chi connectivity index (χ1) is 9.13. The summed E-state index contributed by atoms with van der Waals surface area (Å²) in [4.78, 5) is 0. The Kier molecular flexibility index (Phi) is 4.61. The summed E-state index contributed by atoms with van der Waals surface area (Å²) in [6.07, 6.45) is -0.697. The van der Waals surface area contributed by atoms with Crippen LogP contribution in [0, 0.1) is 6.92 Å². The second kappa shape index (κ2) is 6.22. The third-order valence-corrected chi connectivity index (χ3v) is 3.65. The van der Waals surface area contributed by atoms with E-state index in [4.69, 9.17) is 4.74 Å². The minimum atomic E-state index is -0.697. The van der Waals surface area contributed by atoms with Crippen molar-refractivity contribution in [2.24, 2.45) is 0 Å². The highest BCUT2D eigenvalue weighted by Gasteiger charge is 2.17. The summed E-state index contributed by atoms with van der Waals surface area (Å²) < 4.78 is 6.48. The first-order valence-electron chi connectivity index (χ1n) is 6.29. The van der Waals surface area contributed by atoms with Gasteiger partial charge in [-0.1, -0.05) is 46.3 Å². The summed E-state index contributed by atoms with van der Waals surface area (Å²) in [7, 11) is 0. The number of aliphatic hydroxyl groups excluding tert-OH is 1. The van der Waals surface area contributed by atoms with Gasteiger partial charge in [-0.05, 0) is 37.1 Å². The van der Waals surface area contributed by atoms with Crippen LogP contribution in [-0.4, -0.2) is 11.7 Å². The Labute approximate surface area is 122 Å². The van der Waals surface area contributed by atoms with Crippen molar-refractivity contribution in [1.82, 2.24) is 0 Å². The molecule has 2 nitrogen and oxygen atoms in total. The van der Waals surface area contributed by atoms with Crippen molar-refractivity contribution >= 4 is 15.9 Å². The fourth-order valence-corrected chi connectivity index (χ4v) is 2.72. The van der Waals surface area contributed by atoms with Gasteiger partial charge in [0.1, 0.15) is 11.9 Å². The van der Waals surface area contributed by atoms with Crippen LogP contribution in [0.3, 0.4) is 0 Å². The molecule has 1 N–H and O–H groups in total. The SMILES string of the molecule is CCOc1ccccc1C(O)c1ccc(C)cc1Br. The van der Waals surface area contributed by atoms with Gasteiger partial charge in [-0.3, -0.25) is 0 Å². The van der Waals surface area contributed by atoms with Crippen molar-refractivity contribution in [2.45, 2.75) is 20.0 Å². The van der Waals surface area contributed by atoms with Gasteiger partial charge in [-0.25, -0.2) is 0 Å². The largest absolute Gasteiger partial charge is 0.493 e. The first kappa shape index (κ1) is 14.1. The molecule has 100 valence electrons. The van der Waals surface area contributed by atoms with Crippen LogP contribution in [0.25, 0.3) is 0 Å². The van der Waals surface area contributed by atoms with E-state index in [1.807, 2.05) is 56.3 Å². The Morgan fingerprint density at radius 3 is 2.58 bits per heavy atom. The molecule has 0 aromatic heterocycles. The Hall–Kier alpha value is -1.32. The predicted molar refractivity (Wildman–Crippen MR) is 80.6 cm³/mol. The second-order valence-corrected chi connectivity index (χ2v) is 5.25. The summed E-state index contributed by atoms with van der Waals surface area (Å²) in [6, 6.07) is 13.5. The quantitative estimate of drug-likeness (QED) is 0.913. The lowest BCUT2D eigenvalue weighted by atomic mass is 10.00. The molecular weight excluding hydrogens is 304 g/mol. The maximum atomic E-state index is 10.6. The Bertz CT molecular complexity index is 566. The minimum absolute atomic E-state index is 0.582. The molecule has 1 atom stereocenters. The Morgan fingerprint density at radius 1 is 1.16 bits per heavy atom. The normalized spacial score (nSPS) is 12.2. The molecule has 0 heterocycles. The zero-order valence-corrected chi connectivity index (χ0v) is 12.6. The van der Waals surface area contributed by atoms with E-state index in [0.29, 0.717) is 6.61 Å². The van der Waals surface area contributed by atoms with Crippen molar-refractivity contribution in [1.29, 1.82) is 0 Å². The molecule has 0 saturated carbocycles. The molecule has 3 heteroatoms. The van der Waals surface area contributed by atoms with Crippen LogP contribution in [0.15, 0.2) is 46.9 Å². The van der Waals surface area contributed by atoms with Crippen LogP contribution in [0.4, 0.5) is 0 Å². The lowest BCUT2D eigenvalue weighted by Gasteiger charge is -2.17. The fraction of sp³-hybridized carbons (Fsp3) is 0.250. The van der Waals surface area contributed by atoms with Crippen molar-refractivity contribution in [3.05, 3.63) is 63.6 Å². The lowest BCUT2D eigenvalue weighted by Crippen LogP contribution is -2.04. The molecule has 0 aliphatic heterocycles. The summed E-state index contributed by atoms with van der Waals surface area (Å²) in [5.41, 5.74) is 2.78. The molecule has 19 heavy (non-hydrogen) atoms. The third kappa shape index (κ3) is 3.17. The van der Waals surface area contributed by atoms with E-state index in [1.165, 1.54) is 0 Å². The maximum Gasteiger partial charge on any atom is 0.125 e. The lowest BCUT2D eigenvalue weighted by molar-refractivity contribution is 0.211. The zero-order chi connectivity index (χ0) is 13.8. The molecule has 2 aromatic carbocycles. The van der Waals surface area contributed by atoms with Crippen molar-refractivity contribution in [3.63, 3.8) is 0 Å². The van der Waals surface area contributed by atoms with Gasteiger partial charge >= 0.3 is 0 Å². The smallest absolute Gasteiger partial charge is 0.125 e. The number of aliphatic hydroxyl groups is 1. The van der Waals surface area contributed by atoms with Gasteiger partial charge in [0.15, 0.2) is 0 Å². The molecule has 0 bridgehead atoms. The van der Waals surface area contributed by atoms with Gasteiger partial charge in [0, 0.05) is 10.0 Å². The third-order valence-electron chi connectivity index (χ3n) is 2.96. The molecule has 0 fully saturated rings. The van der Waals surface area contributed by atoms with E-state index in [2.05, 4.69) is 15.9 Å². The van der Waals surface area contributed by atoms with Crippen molar-refractivity contribution in [2.75, 3.05) is 6.61 Å². The van der Waals surface area contributed by atoms with E-state index in [0.717, 1.165) is 26.9 Å². The van der Waals surface area contributed by atoms with Crippen molar-refractivity contribution in [3.8, 4) is 5.75 Å². The molecule has 0 aliphatic carbocycles. The molecule has 0 aliphatic rings. The van der Waals surface area contributed by atoms with Gasteiger partial charge < -0.3 is 9.84 Å². The monoisotopic (exact) mass is 320 g/mol. The van der Waals surface area contributed by atoms with Crippen LogP contribution in [0.2, 0.25) is 0 Å². The number of hydrogen-bond acceptors (Lipinski definition) is 2. The number of benzene rings is 2.